The number of nitrogens with zero attached hydrogens (tertiary/aromatic N) is 2. The van der Waals surface area contributed by atoms with Gasteiger partial charge in [0, 0.05) is 29.4 Å². The Hall–Kier alpha value is -0.820. The average Bonchev–Trinajstić information content (AvgIpc) is 2.92. The van der Waals surface area contributed by atoms with Gasteiger partial charge in [0.1, 0.15) is 5.01 Å². The molecule has 0 saturated carbocycles. The minimum Gasteiger partial charge on any atom is -0.325 e. The third-order valence-corrected chi connectivity index (χ3v) is 4.87. The summed E-state index contributed by atoms with van der Waals surface area (Å²) in [7, 11) is 0. The van der Waals surface area contributed by atoms with Crippen LogP contribution in [0.2, 0.25) is 0 Å². The molecule has 0 aromatic carbocycles. The number of nitrogens with two attached hydrogens (primary N) is 1. The second kappa shape index (κ2) is 5.88. The van der Waals surface area contributed by atoms with Gasteiger partial charge in [-0.3, -0.25) is 0 Å². The Labute approximate surface area is 115 Å². The van der Waals surface area contributed by atoms with Crippen LogP contribution in [-0.2, 0) is 13.1 Å². The molecule has 0 bridgehead atoms. The summed E-state index contributed by atoms with van der Waals surface area (Å²) < 4.78 is 0. The molecule has 2 aromatic heterocycles. The van der Waals surface area contributed by atoms with Crippen molar-refractivity contribution >= 4 is 22.7 Å². The van der Waals surface area contributed by atoms with Crippen LogP contribution < -0.4 is 11.1 Å². The van der Waals surface area contributed by atoms with Gasteiger partial charge in [0.05, 0.1) is 16.4 Å². The number of hydrogen-bond donors (Lipinski definition) is 2. The van der Waals surface area contributed by atoms with Crippen molar-refractivity contribution in [2.24, 2.45) is 5.73 Å². The van der Waals surface area contributed by atoms with Crippen LogP contribution >= 0.6 is 22.7 Å². The Kier molecular flexibility index (Phi) is 4.45. The lowest BCUT2D eigenvalue weighted by atomic mass is 10.2. The Morgan fingerprint density at radius 1 is 1.39 bits per heavy atom. The Morgan fingerprint density at radius 3 is 2.72 bits per heavy atom. The predicted molar refractivity (Wildman–Crippen MR) is 76.8 cm³/mol. The van der Waals surface area contributed by atoms with E-state index in [1.54, 1.807) is 22.7 Å². The van der Waals surface area contributed by atoms with E-state index in [9.17, 15) is 0 Å². The van der Waals surface area contributed by atoms with Gasteiger partial charge in [-0.2, -0.15) is 0 Å². The number of hydrogen-bond acceptors (Lipinski definition) is 6. The maximum absolute atomic E-state index is 5.55. The molecule has 0 aliphatic rings. The van der Waals surface area contributed by atoms with Gasteiger partial charge in [-0.1, -0.05) is 0 Å². The molecule has 0 aliphatic heterocycles. The number of aromatic nitrogens is 2. The zero-order valence-electron chi connectivity index (χ0n) is 10.9. The van der Waals surface area contributed by atoms with Gasteiger partial charge in [-0.15, -0.1) is 22.7 Å². The summed E-state index contributed by atoms with van der Waals surface area (Å²) in [6.07, 6.45) is 0. The summed E-state index contributed by atoms with van der Waals surface area (Å²) in [5.41, 5.74) is 7.74. The van der Waals surface area contributed by atoms with Crippen LogP contribution in [-0.4, -0.2) is 9.97 Å². The number of aryl methyl sites for hydroxylation is 2. The molecule has 98 valence electrons. The molecule has 1 atom stereocenters. The van der Waals surface area contributed by atoms with Crippen LogP contribution in [0.15, 0.2) is 5.38 Å². The largest absolute Gasteiger partial charge is 0.325 e. The average molecular weight is 282 g/mol. The van der Waals surface area contributed by atoms with Crippen molar-refractivity contribution in [1.82, 2.24) is 15.3 Å². The molecule has 2 aromatic rings. The van der Waals surface area contributed by atoms with E-state index >= 15 is 0 Å². The standard InChI is InChI=1S/C12H18N4S2/c1-7(12-8(2)15-9(3)18-12)14-5-10-6-17-11(4-13)16-10/h6-7,14H,4-5,13H2,1-3H3. The van der Waals surface area contributed by atoms with Crippen LogP contribution in [0.3, 0.4) is 0 Å². The maximum Gasteiger partial charge on any atom is 0.106 e. The highest BCUT2D eigenvalue weighted by Gasteiger charge is 2.12. The second-order valence-corrected chi connectivity index (χ2v) is 6.40. The molecule has 2 rings (SSSR count). The Balaban J connectivity index is 1.95. The summed E-state index contributed by atoms with van der Waals surface area (Å²) in [5, 5.41) is 7.65. The van der Waals surface area contributed by atoms with Crippen molar-refractivity contribution in [1.29, 1.82) is 0 Å². The van der Waals surface area contributed by atoms with Crippen molar-refractivity contribution in [3.63, 3.8) is 0 Å². The molecule has 0 radical (unpaired) electrons. The van der Waals surface area contributed by atoms with Crippen LogP contribution in [0.4, 0.5) is 0 Å². The van der Waals surface area contributed by atoms with Crippen molar-refractivity contribution in [2.45, 2.75) is 39.9 Å². The molecular weight excluding hydrogens is 264 g/mol. The van der Waals surface area contributed by atoms with Crippen molar-refractivity contribution in [3.05, 3.63) is 31.7 Å². The fourth-order valence-electron chi connectivity index (χ4n) is 1.82. The molecule has 18 heavy (non-hydrogen) atoms. The normalized spacial score (nSPS) is 12.9. The first kappa shape index (κ1) is 13.6. The van der Waals surface area contributed by atoms with E-state index in [2.05, 4.69) is 34.5 Å². The highest BCUT2D eigenvalue weighted by molar-refractivity contribution is 7.11. The van der Waals surface area contributed by atoms with Crippen LogP contribution in [0.5, 0.6) is 0 Å². The fourth-order valence-corrected chi connectivity index (χ4v) is 3.45. The second-order valence-electron chi connectivity index (χ2n) is 4.22. The van der Waals surface area contributed by atoms with Crippen molar-refractivity contribution in [3.8, 4) is 0 Å². The molecule has 2 heterocycles. The fraction of sp³-hybridized carbons (Fsp3) is 0.500. The highest BCUT2D eigenvalue weighted by Crippen LogP contribution is 2.24. The van der Waals surface area contributed by atoms with E-state index in [0.717, 1.165) is 27.9 Å². The van der Waals surface area contributed by atoms with E-state index in [0.29, 0.717) is 12.6 Å². The van der Waals surface area contributed by atoms with Gasteiger partial charge in [0.15, 0.2) is 0 Å². The summed E-state index contributed by atoms with van der Waals surface area (Å²) in [6.45, 7) is 7.56. The topological polar surface area (TPSA) is 63.8 Å². The zero-order chi connectivity index (χ0) is 13.1. The molecule has 1 unspecified atom stereocenters. The summed E-state index contributed by atoms with van der Waals surface area (Å²) in [5.74, 6) is 0. The third kappa shape index (κ3) is 3.14. The van der Waals surface area contributed by atoms with Gasteiger partial charge >= 0.3 is 0 Å². The van der Waals surface area contributed by atoms with Gasteiger partial charge < -0.3 is 11.1 Å². The summed E-state index contributed by atoms with van der Waals surface area (Å²) in [4.78, 5) is 10.2. The smallest absolute Gasteiger partial charge is 0.106 e. The molecule has 0 amide bonds. The van der Waals surface area contributed by atoms with E-state index in [1.165, 1.54) is 4.88 Å². The number of nitrogens with one attached hydrogen (secondary N) is 1. The Bertz CT molecular complexity index is 518. The number of thiazole rings is 2. The molecule has 3 N–H and O–H groups in total. The quantitative estimate of drug-likeness (QED) is 0.884. The molecule has 0 spiro atoms. The lowest BCUT2D eigenvalue weighted by Crippen LogP contribution is -2.18. The lowest BCUT2D eigenvalue weighted by Gasteiger charge is -2.11. The van der Waals surface area contributed by atoms with E-state index < -0.39 is 0 Å². The minimum atomic E-state index is 0.305. The SMILES string of the molecule is Cc1nc(C)c(C(C)NCc2csc(CN)n2)s1. The summed E-state index contributed by atoms with van der Waals surface area (Å²) >= 11 is 3.37. The first-order valence-electron chi connectivity index (χ1n) is 5.90. The molecule has 6 heteroatoms. The zero-order valence-corrected chi connectivity index (χ0v) is 12.5. The van der Waals surface area contributed by atoms with Crippen LogP contribution in [0, 0.1) is 13.8 Å². The van der Waals surface area contributed by atoms with E-state index in [4.69, 9.17) is 5.73 Å². The van der Waals surface area contributed by atoms with Gasteiger partial charge in [-0.05, 0) is 20.8 Å². The first-order valence-corrected chi connectivity index (χ1v) is 7.60. The molecule has 0 saturated heterocycles. The molecule has 0 fully saturated rings. The summed E-state index contributed by atoms with van der Waals surface area (Å²) in [6, 6.07) is 0.305. The highest BCUT2D eigenvalue weighted by atomic mass is 32.1. The molecule has 0 aliphatic carbocycles. The predicted octanol–water partition coefficient (Wildman–Crippen LogP) is 2.53. The van der Waals surface area contributed by atoms with E-state index in [1.807, 2.05) is 6.92 Å². The third-order valence-electron chi connectivity index (χ3n) is 2.70. The van der Waals surface area contributed by atoms with Gasteiger partial charge in [0.2, 0.25) is 0 Å². The monoisotopic (exact) mass is 282 g/mol. The molecule has 4 nitrogen and oxygen atoms in total. The van der Waals surface area contributed by atoms with Gasteiger partial charge in [-0.25, -0.2) is 9.97 Å². The Morgan fingerprint density at radius 2 is 2.17 bits per heavy atom. The maximum atomic E-state index is 5.55. The number of rotatable bonds is 5. The molecular formula is C12H18N4S2. The van der Waals surface area contributed by atoms with Crippen LogP contribution in [0.1, 0.15) is 39.2 Å². The van der Waals surface area contributed by atoms with Crippen molar-refractivity contribution in [2.75, 3.05) is 0 Å². The van der Waals surface area contributed by atoms with Crippen molar-refractivity contribution < 1.29 is 0 Å². The minimum absolute atomic E-state index is 0.305. The van der Waals surface area contributed by atoms with Crippen LogP contribution in [0.25, 0.3) is 0 Å². The lowest BCUT2D eigenvalue weighted by molar-refractivity contribution is 0.573. The first-order chi connectivity index (χ1) is 8.60. The van der Waals surface area contributed by atoms with Gasteiger partial charge in [0.25, 0.3) is 0 Å². The van der Waals surface area contributed by atoms with E-state index in [-0.39, 0.29) is 0 Å².